The predicted molar refractivity (Wildman–Crippen MR) is 124 cm³/mol. The van der Waals surface area contributed by atoms with E-state index in [0.717, 1.165) is 44.1 Å². The summed E-state index contributed by atoms with van der Waals surface area (Å²) in [6.45, 7) is 2.68. The maximum Gasteiger partial charge on any atom is 0.309 e. The maximum absolute atomic E-state index is 13.4. The average Bonchev–Trinajstić information content (AvgIpc) is 2.73. The van der Waals surface area contributed by atoms with E-state index < -0.39 is 35.5 Å². The molecule has 2 aliphatic rings. The van der Waals surface area contributed by atoms with Crippen LogP contribution in [0.25, 0.3) is 0 Å². The van der Waals surface area contributed by atoms with Crippen molar-refractivity contribution < 1.29 is 27.8 Å². The Hall–Kier alpha value is -1.69. The van der Waals surface area contributed by atoms with E-state index in [1.807, 2.05) is 12.1 Å². The molecule has 0 amide bonds. The molecule has 1 aromatic rings. The monoisotopic (exact) mass is 484 g/mol. The highest BCUT2D eigenvalue weighted by atomic mass is 35.5. The molecule has 2 saturated carbocycles. The predicted octanol–water partition coefficient (Wildman–Crippen LogP) is 7.24. The number of benzene rings is 1. The van der Waals surface area contributed by atoms with Crippen LogP contribution in [-0.4, -0.2) is 24.3 Å². The zero-order valence-electron chi connectivity index (χ0n) is 19.6. The molecule has 2 fully saturated rings. The van der Waals surface area contributed by atoms with E-state index in [4.69, 9.17) is 21.1 Å². The fraction of sp³-hybridized carbons (Fsp3) is 0.692. The molecule has 2 unspecified atom stereocenters. The first-order valence-corrected chi connectivity index (χ1v) is 12.6. The molecule has 0 aliphatic heterocycles. The van der Waals surface area contributed by atoms with Crippen LogP contribution in [0.3, 0.4) is 0 Å². The molecular weight excluding hydrogens is 450 g/mol. The Bertz CT molecular complexity index is 828. The molecule has 0 bridgehead atoms. The summed E-state index contributed by atoms with van der Waals surface area (Å²) >= 11 is 6.78. The molecule has 0 heterocycles. The van der Waals surface area contributed by atoms with Crippen LogP contribution in [0.4, 0.5) is 8.78 Å². The van der Waals surface area contributed by atoms with Crippen molar-refractivity contribution in [3.05, 3.63) is 34.3 Å². The highest BCUT2D eigenvalue weighted by molar-refractivity contribution is 6.31. The molecular formula is C26H35ClF2O4. The molecule has 0 N–H and O–H groups in total. The number of halogens is 3. The molecule has 0 aromatic heterocycles. The topological polar surface area (TPSA) is 52.6 Å². The number of carbonyl (C=O) groups excluding carboxylic acids is 2. The Morgan fingerprint density at radius 2 is 1.30 bits per heavy atom. The third-order valence-electron chi connectivity index (χ3n) is 6.82. The minimum absolute atomic E-state index is 0.278. The van der Waals surface area contributed by atoms with Crippen molar-refractivity contribution in [1.82, 2.24) is 0 Å². The second kappa shape index (κ2) is 11.2. The maximum atomic E-state index is 13.4. The Morgan fingerprint density at radius 1 is 0.848 bits per heavy atom. The van der Waals surface area contributed by atoms with Crippen LogP contribution in [0.1, 0.15) is 102 Å². The van der Waals surface area contributed by atoms with Crippen molar-refractivity contribution >= 4 is 23.5 Å². The highest BCUT2D eigenvalue weighted by Gasteiger charge is 2.42. The largest absolute Gasteiger partial charge is 0.454 e. The standard InChI is InChI=1S/C26H35ClF2O4/c1-18(28)15-23(30)32-25(11-5-3-6-12-25)20-9-10-21(22(27)17-20)26(13-7-4-8-14-26)33-24(31)16-19(2)29/h9-10,17-19H,3-8,11-16H2,1-2H3. The van der Waals surface area contributed by atoms with Crippen LogP contribution in [0.2, 0.25) is 5.02 Å². The minimum atomic E-state index is -1.27. The van der Waals surface area contributed by atoms with Gasteiger partial charge in [-0.2, -0.15) is 0 Å². The summed E-state index contributed by atoms with van der Waals surface area (Å²) < 4.78 is 38.6. The molecule has 33 heavy (non-hydrogen) atoms. The Balaban J connectivity index is 1.92. The quantitative estimate of drug-likeness (QED) is 0.365. The number of esters is 2. The van der Waals surface area contributed by atoms with Crippen LogP contribution in [0.15, 0.2) is 18.2 Å². The van der Waals surface area contributed by atoms with E-state index >= 15 is 0 Å². The van der Waals surface area contributed by atoms with E-state index in [1.54, 1.807) is 6.07 Å². The lowest BCUT2D eigenvalue weighted by Crippen LogP contribution is -2.37. The lowest BCUT2D eigenvalue weighted by atomic mass is 9.76. The van der Waals surface area contributed by atoms with Gasteiger partial charge in [-0.15, -0.1) is 0 Å². The zero-order chi connectivity index (χ0) is 24.1. The van der Waals surface area contributed by atoms with Crippen molar-refractivity contribution in [2.75, 3.05) is 0 Å². The number of alkyl halides is 2. The summed E-state index contributed by atoms with van der Waals surface area (Å²) in [6, 6.07) is 5.55. The third kappa shape index (κ3) is 6.46. The van der Waals surface area contributed by atoms with Gasteiger partial charge in [0.15, 0.2) is 0 Å². The van der Waals surface area contributed by atoms with Gasteiger partial charge in [0.25, 0.3) is 0 Å². The summed E-state index contributed by atoms with van der Waals surface area (Å²) in [5.41, 5.74) is -0.209. The van der Waals surface area contributed by atoms with Crippen molar-refractivity contribution in [2.45, 2.75) is 114 Å². The van der Waals surface area contributed by atoms with Gasteiger partial charge >= 0.3 is 11.9 Å². The van der Waals surface area contributed by atoms with Crippen molar-refractivity contribution in [3.8, 4) is 0 Å². The summed E-state index contributed by atoms with van der Waals surface area (Å²) in [4.78, 5) is 24.8. The second-order valence-corrected chi connectivity index (χ2v) is 10.1. The second-order valence-electron chi connectivity index (χ2n) is 9.72. The molecule has 4 nitrogen and oxygen atoms in total. The SMILES string of the molecule is CC(F)CC(=O)OC1(c2ccc(C3(OC(=O)CC(C)F)CCCCC3)c(Cl)c2)CCCCC1. The van der Waals surface area contributed by atoms with Gasteiger partial charge in [0, 0.05) is 10.6 Å². The van der Waals surface area contributed by atoms with Gasteiger partial charge in [0.2, 0.25) is 0 Å². The van der Waals surface area contributed by atoms with E-state index in [2.05, 4.69) is 0 Å². The Kier molecular flexibility index (Phi) is 8.76. The lowest BCUT2D eigenvalue weighted by Gasteiger charge is -2.40. The van der Waals surface area contributed by atoms with Gasteiger partial charge in [0.1, 0.15) is 23.5 Å². The average molecular weight is 485 g/mol. The molecule has 0 spiro atoms. The van der Waals surface area contributed by atoms with E-state index in [0.29, 0.717) is 36.3 Å². The fourth-order valence-corrected chi connectivity index (χ4v) is 5.62. The van der Waals surface area contributed by atoms with Crippen molar-refractivity contribution in [1.29, 1.82) is 0 Å². The fourth-order valence-electron chi connectivity index (χ4n) is 5.27. The zero-order valence-corrected chi connectivity index (χ0v) is 20.4. The summed E-state index contributed by atoms with van der Waals surface area (Å²) in [5, 5.41) is 0.440. The summed E-state index contributed by atoms with van der Waals surface area (Å²) in [6.07, 6.45) is 5.15. The summed E-state index contributed by atoms with van der Waals surface area (Å²) in [5.74, 6) is -1.12. The van der Waals surface area contributed by atoms with Crippen LogP contribution < -0.4 is 0 Å². The van der Waals surface area contributed by atoms with Gasteiger partial charge in [-0.3, -0.25) is 9.59 Å². The van der Waals surface area contributed by atoms with Gasteiger partial charge in [0.05, 0.1) is 12.8 Å². The van der Waals surface area contributed by atoms with E-state index in [-0.39, 0.29) is 12.8 Å². The first-order chi connectivity index (χ1) is 15.7. The van der Waals surface area contributed by atoms with E-state index in [1.165, 1.54) is 13.8 Å². The number of carbonyl (C=O) groups is 2. The van der Waals surface area contributed by atoms with Crippen molar-refractivity contribution in [3.63, 3.8) is 0 Å². The molecule has 2 aliphatic carbocycles. The molecule has 1 aromatic carbocycles. The highest BCUT2D eigenvalue weighted by Crippen LogP contribution is 2.47. The Labute approximate surface area is 200 Å². The number of rotatable bonds is 8. The molecule has 184 valence electrons. The van der Waals surface area contributed by atoms with Crippen LogP contribution in [0.5, 0.6) is 0 Å². The van der Waals surface area contributed by atoms with Crippen molar-refractivity contribution in [2.24, 2.45) is 0 Å². The van der Waals surface area contributed by atoms with E-state index in [9.17, 15) is 18.4 Å². The molecule has 2 atom stereocenters. The lowest BCUT2D eigenvalue weighted by molar-refractivity contribution is -0.167. The number of ether oxygens (including phenoxy) is 2. The first kappa shape index (κ1) is 25.9. The van der Waals surface area contributed by atoms with Gasteiger partial charge in [-0.25, -0.2) is 8.78 Å². The molecule has 0 saturated heterocycles. The first-order valence-electron chi connectivity index (χ1n) is 12.2. The van der Waals surface area contributed by atoms with Gasteiger partial charge in [-0.1, -0.05) is 36.6 Å². The van der Waals surface area contributed by atoms with Crippen LogP contribution in [0, 0.1) is 0 Å². The number of hydrogen-bond donors (Lipinski definition) is 0. The Morgan fingerprint density at radius 3 is 1.76 bits per heavy atom. The summed E-state index contributed by atoms with van der Waals surface area (Å²) in [7, 11) is 0. The normalized spacial score (nSPS) is 21.6. The van der Waals surface area contributed by atoms with Gasteiger partial charge in [-0.05, 0) is 76.8 Å². The smallest absolute Gasteiger partial charge is 0.309 e. The molecule has 7 heteroatoms. The molecule has 0 radical (unpaired) electrons. The minimum Gasteiger partial charge on any atom is -0.454 e. The van der Waals surface area contributed by atoms with Gasteiger partial charge < -0.3 is 9.47 Å². The molecule has 3 rings (SSSR count). The van der Waals surface area contributed by atoms with Crippen LogP contribution >= 0.6 is 11.6 Å². The number of hydrogen-bond acceptors (Lipinski definition) is 4. The van der Waals surface area contributed by atoms with Crippen LogP contribution in [-0.2, 0) is 30.3 Å². The third-order valence-corrected chi connectivity index (χ3v) is 7.14.